The van der Waals surface area contributed by atoms with E-state index in [1.165, 1.54) is 5.69 Å². The van der Waals surface area contributed by atoms with E-state index in [4.69, 9.17) is 5.73 Å². The van der Waals surface area contributed by atoms with Gasteiger partial charge in [0.05, 0.1) is 5.60 Å². The summed E-state index contributed by atoms with van der Waals surface area (Å²) in [4.78, 5) is 2.26. The quantitative estimate of drug-likeness (QED) is 0.795. The number of hydrogen-bond acceptors (Lipinski definition) is 3. The molecule has 0 saturated carbocycles. The van der Waals surface area contributed by atoms with Crippen LogP contribution in [0.3, 0.4) is 0 Å². The van der Waals surface area contributed by atoms with Crippen molar-refractivity contribution in [1.82, 2.24) is 0 Å². The van der Waals surface area contributed by atoms with Gasteiger partial charge >= 0.3 is 0 Å². The first-order valence-corrected chi connectivity index (χ1v) is 6.22. The number of hydrogen-bond donors (Lipinski definition) is 2. The first kappa shape index (κ1) is 14.0. The van der Waals surface area contributed by atoms with Gasteiger partial charge in [-0.3, -0.25) is 0 Å². The van der Waals surface area contributed by atoms with E-state index >= 15 is 0 Å². The van der Waals surface area contributed by atoms with Gasteiger partial charge in [-0.05, 0) is 44.9 Å². The van der Waals surface area contributed by atoms with Crippen molar-refractivity contribution >= 4 is 5.69 Å². The molecular weight excluding hydrogens is 212 g/mol. The fourth-order valence-corrected chi connectivity index (χ4v) is 1.72. The van der Waals surface area contributed by atoms with Crippen molar-refractivity contribution in [2.45, 2.75) is 39.3 Å². The van der Waals surface area contributed by atoms with E-state index in [9.17, 15) is 5.11 Å². The average Bonchev–Trinajstić information content (AvgIpc) is 2.29. The molecule has 0 aromatic heterocycles. The summed E-state index contributed by atoms with van der Waals surface area (Å²) in [5, 5.41) is 9.75. The second-order valence-corrected chi connectivity index (χ2v) is 5.01. The highest BCUT2D eigenvalue weighted by molar-refractivity contribution is 5.47. The Kier molecular flexibility index (Phi) is 4.97. The summed E-state index contributed by atoms with van der Waals surface area (Å²) in [6.45, 7) is 8.20. The minimum absolute atomic E-state index is 0.579. The van der Waals surface area contributed by atoms with Gasteiger partial charge in [0, 0.05) is 25.3 Å². The van der Waals surface area contributed by atoms with Crippen molar-refractivity contribution in [2.75, 3.05) is 18.0 Å². The van der Waals surface area contributed by atoms with E-state index in [2.05, 4.69) is 36.1 Å². The zero-order valence-corrected chi connectivity index (χ0v) is 11.1. The Labute approximate surface area is 104 Å². The molecule has 0 atom stereocenters. The molecule has 17 heavy (non-hydrogen) atoms. The third kappa shape index (κ3) is 4.75. The predicted octanol–water partition coefficient (Wildman–Crippen LogP) is 2.13. The Bertz CT molecular complexity index is 327. The topological polar surface area (TPSA) is 49.5 Å². The summed E-state index contributed by atoms with van der Waals surface area (Å²) in [7, 11) is 0. The van der Waals surface area contributed by atoms with Crippen LogP contribution < -0.4 is 10.6 Å². The molecule has 0 heterocycles. The lowest BCUT2D eigenvalue weighted by molar-refractivity contribution is 0.0731. The molecule has 96 valence electrons. The molecule has 0 aliphatic rings. The van der Waals surface area contributed by atoms with Crippen LogP contribution in [-0.4, -0.2) is 23.8 Å². The molecule has 1 aromatic rings. The predicted molar refractivity (Wildman–Crippen MR) is 73.1 cm³/mol. The Hall–Kier alpha value is -1.06. The smallest absolute Gasteiger partial charge is 0.0608 e. The van der Waals surface area contributed by atoms with Gasteiger partial charge in [0.25, 0.3) is 0 Å². The van der Waals surface area contributed by atoms with E-state index in [0.717, 1.165) is 25.1 Å². The van der Waals surface area contributed by atoms with Gasteiger partial charge in [0.1, 0.15) is 0 Å². The molecule has 0 amide bonds. The number of rotatable bonds is 6. The zero-order chi connectivity index (χ0) is 12.9. The van der Waals surface area contributed by atoms with Gasteiger partial charge < -0.3 is 15.7 Å². The molecule has 3 nitrogen and oxygen atoms in total. The summed E-state index contributed by atoms with van der Waals surface area (Å²) >= 11 is 0. The van der Waals surface area contributed by atoms with Gasteiger partial charge in [-0.2, -0.15) is 0 Å². The molecule has 3 heteroatoms. The maximum absolute atomic E-state index is 9.75. The number of benzene rings is 1. The van der Waals surface area contributed by atoms with Crippen LogP contribution in [0.25, 0.3) is 0 Å². The van der Waals surface area contributed by atoms with Gasteiger partial charge in [0.2, 0.25) is 0 Å². The summed E-state index contributed by atoms with van der Waals surface area (Å²) in [6, 6.07) is 8.30. The lowest BCUT2D eigenvalue weighted by Crippen LogP contribution is -2.30. The van der Waals surface area contributed by atoms with Crippen LogP contribution in [0, 0.1) is 0 Å². The molecule has 1 rings (SSSR count). The standard InChI is InChI=1S/C14H24N2O/c1-4-16(10-9-14(2,3)17)13-7-5-12(11-15)6-8-13/h5-8,17H,4,9-11,15H2,1-3H3. The van der Waals surface area contributed by atoms with Crippen LogP contribution in [0.15, 0.2) is 24.3 Å². The van der Waals surface area contributed by atoms with E-state index in [0.29, 0.717) is 6.54 Å². The molecule has 0 fully saturated rings. The van der Waals surface area contributed by atoms with E-state index < -0.39 is 5.60 Å². The Morgan fingerprint density at radius 2 is 1.82 bits per heavy atom. The maximum Gasteiger partial charge on any atom is 0.0608 e. The van der Waals surface area contributed by atoms with Crippen LogP contribution in [-0.2, 0) is 6.54 Å². The van der Waals surface area contributed by atoms with Crippen molar-refractivity contribution in [1.29, 1.82) is 0 Å². The van der Waals surface area contributed by atoms with E-state index in [1.807, 2.05) is 13.8 Å². The molecule has 0 saturated heterocycles. The van der Waals surface area contributed by atoms with Crippen LogP contribution in [0.2, 0.25) is 0 Å². The average molecular weight is 236 g/mol. The molecule has 0 aliphatic carbocycles. The SMILES string of the molecule is CCN(CCC(C)(C)O)c1ccc(CN)cc1. The number of aliphatic hydroxyl groups is 1. The van der Waals surface area contributed by atoms with Crippen molar-refractivity contribution in [2.24, 2.45) is 5.73 Å². The number of anilines is 1. The van der Waals surface area contributed by atoms with Gasteiger partial charge in [-0.1, -0.05) is 12.1 Å². The highest BCUT2D eigenvalue weighted by atomic mass is 16.3. The lowest BCUT2D eigenvalue weighted by atomic mass is 10.1. The molecule has 0 spiro atoms. The van der Waals surface area contributed by atoms with Crippen molar-refractivity contribution in [3.8, 4) is 0 Å². The van der Waals surface area contributed by atoms with Gasteiger partial charge in [-0.15, -0.1) is 0 Å². The fraction of sp³-hybridized carbons (Fsp3) is 0.571. The Morgan fingerprint density at radius 1 is 1.24 bits per heavy atom. The second-order valence-electron chi connectivity index (χ2n) is 5.01. The maximum atomic E-state index is 9.75. The minimum Gasteiger partial charge on any atom is -0.390 e. The van der Waals surface area contributed by atoms with E-state index in [1.54, 1.807) is 0 Å². The van der Waals surface area contributed by atoms with Crippen LogP contribution in [0.4, 0.5) is 5.69 Å². The summed E-state index contributed by atoms with van der Waals surface area (Å²) in [6.07, 6.45) is 0.763. The zero-order valence-electron chi connectivity index (χ0n) is 11.1. The highest BCUT2D eigenvalue weighted by Gasteiger charge is 2.14. The van der Waals surface area contributed by atoms with Crippen LogP contribution >= 0.6 is 0 Å². The Morgan fingerprint density at radius 3 is 2.24 bits per heavy atom. The van der Waals surface area contributed by atoms with Crippen LogP contribution in [0.5, 0.6) is 0 Å². The van der Waals surface area contributed by atoms with Crippen molar-refractivity contribution in [3.63, 3.8) is 0 Å². The number of nitrogens with two attached hydrogens (primary N) is 1. The summed E-state index contributed by atoms with van der Waals surface area (Å²) in [5.74, 6) is 0. The van der Waals surface area contributed by atoms with E-state index in [-0.39, 0.29) is 0 Å². The monoisotopic (exact) mass is 236 g/mol. The molecule has 0 radical (unpaired) electrons. The molecule has 3 N–H and O–H groups in total. The normalized spacial score (nSPS) is 11.6. The van der Waals surface area contributed by atoms with Gasteiger partial charge in [-0.25, -0.2) is 0 Å². The first-order chi connectivity index (χ1) is 7.96. The minimum atomic E-state index is -0.607. The van der Waals surface area contributed by atoms with Crippen molar-refractivity contribution in [3.05, 3.63) is 29.8 Å². The lowest BCUT2D eigenvalue weighted by Gasteiger charge is -2.27. The summed E-state index contributed by atoms with van der Waals surface area (Å²) in [5.41, 5.74) is 7.31. The first-order valence-electron chi connectivity index (χ1n) is 6.22. The Balaban J connectivity index is 2.66. The molecule has 1 aromatic carbocycles. The van der Waals surface area contributed by atoms with Gasteiger partial charge in [0.15, 0.2) is 0 Å². The molecule has 0 bridgehead atoms. The summed E-state index contributed by atoms with van der Waals surface area (Å²) < 4.78 is 0. The van der Waals surface area contributed by atoms with Crippen molar-refractivity contribution < 1.29 is 5.11 Å². The largest absolute Gasteiger partial charge is 0.390 e. The number of nitrogens with zero attached hydrogens (tertiary/aromatic N) is 1. The third-order valence-electron chi connectivity index (χ3n) is 2.91. The molecule has 0 aliphatic heterocycles. The molecular formula is C14H24N2O. The fourth-order valence-electron chi connectivity index (χ4n) is 1.72. The molecule has 0 unspecified atom stereocenters. The third-order valence-corrected chi connectivity index (χ3v) is 2.91. The second kappa shape index (κ2) is 6.03. The highest BCUT2D eigenvalue weighted by Crippen LogP contribution is 2.17. The van der Waals surface area contributed by atoms with Crippen LogP contribution in [0.1, 0.15) is 32.8 Å².